The summed E-state index contributed by atoms with van der Waals surface area (Å²) in [5.41, 5.74) is 0. The van der Waals surface area contributed by atoms with Gasteiger partial charge in [0.2, 0.25) is 0 Å². The summed E-state index contributed by atoms with van der Waals surface area (Å²) in [7, 11) is 0. The number of azo groups is 1. The minimum atomic E-state index is 0.649. The Hall–Kier alpha value is -1.42. The van der Waals surface area contributed by atoms with Crippen LogP contribution in [-0.4, -0.2) is 13.1 Å². The molecule has 0 radical (unpaired) electrons. The van der Waals surface area contributed by atoms with Crippen LogP contribution in [0.1, 0.15) is 51.4 Å². The Morgan fingerprint density at radius 1 is 0.625 bits per heavy atom. The number of unbranched alkanes of at least 4 members (excludes halogenated alkanes) is 6. The van der Waals surface area contributed by atoms with Gasteiger partial charge in [-0.1, -0.05) is 12.8 Å². The van der Waals surface area contributed by atoms with E-state index >= 15 is 0 Å². The molecule has 4 heteroatoms. The molecule has 0 unspecified atom stereocenters. The lowest BCUT2D eigenvalue weighted by Crippen LogP contribution is -1.84. The molecule has 0 aliphatic rings. The number of nitriles is 2. The molecular weight excluding hydrogens is 200 g/mol. The molecule has 0 bridgehead atoms. The first-order valence-corrected chi connectivity index (χ1v) is 5.99. The van der Waals surface area contributed by atoms with Crippen LogP contribution in [-0.2, 0) is 0 Å². The van der Waals surface area contributed by atoms with Crippen LogP contribution in [0, 0.1) is 22.7 Å². The topological polar surface area (TPSA) is 72.3 Å². The molecule has 0 amide bonds. The normalized spacial score (nSPS) is 10.1. The smallest absolute Gasteiger partial charge is 0.0621 e. The zero-order valence-corrected chi connectivity index (χ0v) is 9.86. The van der Waals surface area contributed by atoms with Crippen LogP contribution in [0.25, 0.3) is 0 Å². The van der Waals surface area contributed by atoms with Gasteiger partial charge in [-0.15, -0.1) is 0 Å². The monoisotopic (exact) mass is 220 g/mol. The van der Waals surface area contributed by atoms with Gasteiger partial charge in [-0.3, -0.25) is 0 Å². The molecule has 0 aromatic carbocycles. The van der Waals surface area contributed by atoms with Gasteiger partial charge >= 0.3 is 0 Å². The van der Waals surface area contributed by atoms with E-state index in [2.05, 4.69) is 22.4 Å². The molecule has 0 aromatic heterocycles. The lowest BCUT2D eigenvalue weighted by Gasteiger charge is -1.94. The molecular formula is C12H20N4. The first kappa shape index (κ1) is 14.6. The van der Waals surface area contributed by atoms with E-state index in [0.717, 1.165) is 51.6 Å². The predicted molar refractivity (Wildman–Crippen MR) is 62.8 cm³/mol. The van der Waals surface area contributed by atoms with E-state index in [1.54, 1.807) is 0 Å². The van der Waals surface area contributed by atoms with Crippen molar-refractivity contribution in [3.05, 3.63) is 0 Å². The molecule has 0 spiro atoms. The van der Waals surface area contributed by atoms with E-state index in [4.69, 9.17) is 10.5 Å². The van der Waals surface area contributed by atoms with Gasteiger partial charge in [0.1, 0.15) is 0 Å². The van der Waals surface area contributed by atoms with Gasteiger partial charge in [-0.25, -0.2) is 0 Å². The third-order valence-corrected chi connectivity index (χ3v) is 2.19. The SMILES string of the molecule is N#CCCCCCN=NCCCCCC#N. The second-order valence-electron chi connectivity index (χ2n) is 3.67. The first-order valence-electron chi connectivity index (χ1n) is 5.99. The number of nitrogens with zero attached hydrogens (tertiary/aromatic N) is 4. The van der Waals surface area contributed by atoms with Gasteiger partial charge in [0, 0.05) is 12.8 Å². The third kappa shape index (κ3) is 12.6. The van der Waals surface area contributed by atoms with Gasteiger partial charge in [0.05, 0.1) is 25.2 Å². The highest BCUT2D eigenvalue weighted by atomic mass is 15.1. The van der Waals surface area contributed by atoms with E-state index in [-0.39, 0.29) is 0 Å². The third-order valence-electron chi connectivity index (χ3n) is 2.19. The quantitative estimate of drug-likeness (QED) is 0.416. The van der Waals surface area contributed by atoms with E-state index in [9.17, 15) is 0 Å². The molecule has 0 aliphatic heterocycles. The Morgan fingerprint density at radius 2 is 1.06 bits per heavy atom. The molecule has 0 fully saturated rings. The summed E-state index contributed by atoms with van der Waals surface area (Å²) in [6, 6.07) is 4.25. The van der Waals surface area contributed by atoms with Gasteiger partial charge < -0.3 is 0 Å². The molecule has 88 valence electrons. The number of rotatable bonds is 10. The van der Waals surface area contributed by atoms with Crippen molar-refractivity contribution in [3.8, 4) is 12.1 Å². The van der Waals surface area contributed by atoms with E-state index < -0.39 is 0 Å². The molecule has 4 nitrogen and oxygen atoms in total. The van der Waals surface area contributed by atoms with E-state index in [1.165, 1.54) is 0 Å². The average Bonchev–Trinajstić information content (AvgIpc) is 2.31. The molecule has 0 N–H and O–H groups in total. The molecule has 0 saturated heterocycles. The van der Waals surface area contributed by atoms with Crippen LogP contribution in [0.3, 0.4) is 0 Å². The van der Waals surface area contributed by atoms with Gasteiger partial charge in [-0.2, -0.15) is 20.8 Å². The van der Waals surface area contributed by atoms with Crippen molar-refractivity contribution in [2.45, 2.75) is 51.4 Å². The summed E-state index contributed by atoms with van der Waals surface area (Å²) in [6.07, 6.45) is 7.43. The van der Waals surface area contributed by atoms with Crippen molar-refractivity contribution < 1.29 is 0 Å². The van der Waals surface area contributed by atoms with E-state index in [1.807, 2.05) is 0 Å². The maximum atomic E-state index is 8.32. The minimum absolute atomic E-state index is 0.649. The molecule has 0 rings (SSSR count). The standard InChI is InChI=1S/C12H20N4/c13-9-5-1-3-7-11-15-16-12-8-4-2-6-10-14/h1-8,11-12H2. The zero-order valence-electron chi connectivity index (χ0n) is 9.86. The highest BCUT2D eigenvalue weighted by Crippen LogP contribution is 2.01. The summed E-state index contributed by atoms with van der Waals surface area (Å²) < 4.78 is 0. The maximum absolute atomic E-state index is 8.32. The van der Waals surface area contributed by atoms with Crippen LogP contribution in [0.5, 0.6) is 0 Å². The highest BCUT2D eigenvalue weighted by molar-refractivity contribution is 4.68. The van der Waals surface area contributed by atoms with Crippen molar-refractivity contribution in [3.63, 3.8) is 0 Å². The molecule has 0 aromatic rings. The van der Waals surface area contributed by atoms with E-state index in [0.29, 0.717) is 12.8 Å². The van der Waals surface area contributed by atoms with Crippen molar-refractivity contribution in [1.82, 2.24) is 0 Å². The molecule has 0 saturated carbocycles. The summed E-state index contributed by atoms with van der Waals surface area (Å²) >= 11 is 0. The number of hydrogen-bond acceptors (Lipinski definition) is 4. The zero-order chi connectivity index (χ0) is 11.9. The van der Waals surface area contributed by atoms with Crippen molar-refractivity contribution in [2.75, 3.05) is 13.1 Å². The Kier molecular flexibility index (Phi) is 12.4. The summed E-state index contributed by atoms with van der Waals surface area (Å²) in [4.78, 5) is 0. The first-order chi connectivity index (χ1) is 7.91. The van der Waals surface area contributed by atoms with Crippen LogP contribution >= 0.6 is 0 Å². The lowest BCUT2D eigenvalue weighted by atomic mass is 10.2. The fourth-order valence-corrected chi connectivity index (χ4v) is 1.27. The molecule has 0 aliphatic carbocycles. The predicted octanol–water partition coefficient (Wildman–Crippen LogP) is 3.61. The highest BCUT2D eigenvalue weighted by Gasteiger charge is 1.89. The average molecular weight is 220 g/mol. The molecule has 0 heterocycles. The minimum Gasteiger partial charge on any atom is -0.198 e. The molecule has 0 atom stereocenters. The van der Waals surface area contributed by atoms with Crippen molar-refractivity contribution in [2.24, 2.45) is 10.2 Å². The van der Waals surface area contributed by atoms with Gasteiger partial charge in [0.25, 0.3) is 0 Å². The summed E-state index contributed by atoms with van der Waals surface area (Å²) in [6.45, 7) is 1.56. The summed E-state index contributed by atoms with van der Waals surface area (Å²) in [5, 5.41) is 24.8. The van der Waals surface area contributed by atoms with Crippen LogP contribution in [0.15, 0.2) is 10.2 Å². The molecule has 16 heavy (non-hydrogen) atoms. The van der Waals surface area contributed by atoms with Gasteiger partial charge in [0.15, 0.2) is 0 Å². The van der Waals surface area contributed by atoms with Crippen LogP contribution < -0.4 is 0 Å². The van der Waals surface area contributed by atoms with Crippen LogP contribution in [0.2, 0.25) is 0 Å². The second kappa shape index (κ2) is 13.6. The number of hydrogen-bond donors (Lipinski definition) is 0. The van der Waals surface area contributed by atoms with Gasteiger partial charge in [-0.05, 0) is 25.7 Å². The fourth-order valence-electron chi connectivity index (χ4n) is 1.27. The lowest BCUT2D eigenvalue weighted by molar-refractivity contribution is 0.653. The maximum Gasteiger partial charge on any atom is 0.0621 e. The Balaban J connectivity index is 3.05. The Morgan fingerprint density at radius 3 is 1.44 bits per heavy atom. The largest absolute Gasteiger partial charge is 0.198 e. The Labute approximate surface area is 98.0 Å². The van der Waals surface area contributed by atoms with Crippen LogP contribution in [0.4, 0.5) is 0 Å². The second-order valence-corrected chi connectivity index (χ2v) is 3.67. The van der Waals surface area contributed by atoms with Crippen molar-refractivity contribution in [1.29, 1.82) is 10.5 Å². The summed E-state index contributed by atoms with van der Waals surface area (Å²) in [5.74, 6) is 0. The Bertz CT molecular complexity index is 221. The van der Waals surface area contributed by atoms with Crippen molar-refractivity contribution >= 4 is 0 Å². The fraction of sp³-hybridized carbons (Fsp3) is 0.833.